The molecule has 2 saturated heterocycles. The van der Waals surface area contributed by atoms with Crippen molar-refractivity contribution in [2.75, 3.05) is 24.5 Å². The molecule has 2 aromatic rings. The number of amides is 2. The molecule has 6 nitrogen and oxygen atoms in total. The van der Waals surface area contributed by atoms with Crippen molar-refractivity contribution in [3.8, 4) is 5.88 Å². The predicted octanol–water partition coefficient (Wildman–Crippen LogP) is 2.56. The number of carbonyl (C=O) groups excluding carboxylic acids is 2. The zero-order chi connectivity index (χ0) is 19.7. The molecule has 0 spiro atoms. The van der Waals surface area contributed by atoms with E-state index >= 15 is 0 Å². The van der Waals surface area contributed by atoms with Gasteiger partial charge in [0, 0.05) is 43.4 Å². The molecule has 2 unspecified atom stereocenters. The summed E-state index contributed by atoms with van der Waals surface area (Å²) in [6, 6.07) is 11.4. The highest BCUT2D eigenvalue weighted by atomic mass is 19.1. The molecule has 3 heterocycles. The number of ether oxygens (including phenoxy) is 1. The summed E-state index contributed by atoms with van der Waals surface area (Å²) in [5.41, 5.74) is 1.50. The Balaban J connectivity index is 1.36. The minimum atomic E-state index is -0.381. The Morgan fingerprint density at radius 3 is 2.71 bits per heavy atom. The fraction of sp³-hybridized carbons (Fsp3) is 0.381. The Morgan fingerprint density at radius 1 is 1.18 bits per heavy atom. The monoisotopic (exact) mass is 383 g/mol. The minimum Gasteiger partial charge on any atom is -0.472 e. The van der Waals surface area contributed by atoms with Gasteiger partial charge in [0.05, 0.1) is 12.5 Å². The number of rotatable bonds is 4. The van der Waals surface area contributed by atoms with E-state index in [9.17, 15) is 14.0 Å². The average Bonchev–Trinajstić information content (AvgIpc) is 3.29. The van der Waals surface area contributed by atoms with E-state index in [1.807, 2.05) is 25.1 Å². The lowest BCUT2D eigenvalue weighted by Crippen LogP contribution is -2.37. The van der Waals surface area contributed by atoms with Crippen molar-refractivity contribution in [2.45, 2.75) is 25.9 Å². The van der Waals surface area contributed by atoms with E-state index in [-0.39, 0.29) is 36.1 Å². The number of benzene rings is 1. The summed E-state index contributed by atoms with van der Waals surface area (Å²) in [7, 11) is 0. The largest absolute Gasteiger partial charge is 0.472 e. The summed E-state index contributed by atoms with van der Waals surface area (Å²) in [5, 5.41) is 0. The van der Waals surface area contributed by atoms with Crippen molar-refractivity contribution in [1.82, 2.24) is 9.88 Å². The highest BCUT2D eigenvalue weighted by Gasteiger charge is 2.39. The van der Waals surface area contributed by atoms with Gasteiger partial charge in [-0.05, 0) is 37.3 Å². The van der Waals surface area contributed by atoms with Crippen molar-refractivity contribution < 1.29 is 18.7 Å². The van der Waals surface area contributed by atoms with Crippen LogP contribution in [0.15, 0.2) is 42.5 Å². The molecule has 2 aliphatic heterocycles. The average molecular weight is 383 g/mol. The Hall–Kier alpha value is -2.96. The normalized spacial score (nSPS) is 22.0. The first kappa shape index (κ1) is 18.4. The molecular weight excluding hydrogens is 361 g/mol. The first-order chi connectivity index (χ1) is 13.5. The third-order valence-electron chi connectivity index (χ3n) is 5.22. The van der Waals surface area contributed by atoms with Crippen LogP contribution >= 0.6 is 0 Å². The van der Waals surface area contributed by atoms with Crippen LogP contribution in [0.2, 0.25) is 0 Å². The van der Waals surface area contributed by atoms with E-state index in [2.05, 4.69) is 4.98 Å². The third-order valence-corrected chi connectivity index (χ3v) is 5.22. The van der Waals surface area contributed by atoms with Gasteiger partial charge in [-0.15, -0.1) is 0 Å². The number of anilines is 1. The molecule has 0 saturated carbocycles. The van der Waals surface area contributed by atoms with Crippen LogP contribution in [0.25, 0.3) is 0 Å². The van der Waals surface area contributed by atoms with E-state index in [0.717, 1.165) is 12.1 Å². The molecule has 2 aliphatic rings. The summed E-state index contributed by atoms with van der Waals surface area (Å²) in [6.45, 7) is 3.33. The van der Waals surface area contributed by atoms with E-state index in [1.54, 1.807) is 21.9 Å². The number of aromatic nitrogens is 1. The number of nitrogens with zero attached hydrogens (tertiary/aromatic N) is 3. The number of hydrogen-bond acceptors (Lipinski definition) is 4. The van der Waals surface area contributed by atoms with Crippen molar-refractivity contribution in [3.05, 3.63) is 54.0 Å². The van der Waals surface area contributed by atoms with Gasteiger partial charge < -0.3 is 14.5 Å². The third kappa shape index (κ3) is 3.83. The molecule has 146 valence electrons. The molecule has 0 radical (unpaired) electrons. The molecule has 1 aromatic heterocycles. The van der Waals surface area contributed by atoms with Gasteiger partial charge in [-0.3, -0.25) is 9.59 Å². The van der Waals surface area contributed by atoms with E-state index < -0.39 is 0 Å². The summed E-state index contributed by atoms with van der Waals surface area (Å²) in [5.74, 6) is -0.303. The molecule has 4 rings (SSSR count). The first-order valence-electron chi connectivity index (χ1n) is 9.44. The van der Waals surface area contributed by atoms with Crippen LogP contribution in [0.3, 0.4) is 0 Å². The topological polar surface area (TPSA) is 62.7 Å². The lowest BCUT2D eigenvalue weighted by molar-refractivity contribution is -0.135. The fourth-order valence-corrected chi connectivity index (χ4v) is 3.78. The van der Waals surface area contributed by atoms with Gasteiger partial charge in [-0.1, -0.05) is 6.07 Å². The maximum Gasteiger partial charge on any atom is 0.228 e. The number of carbonyl (C=O) groups is 2. The van der Waals surface area contributed by atoms with Gasteiger partial charge in [0.2, 0.25) is 17.7 Å². The van der Waals surface area contributed by atoms with Crippen molar-refractivity contribution in [2.24, 2.45) is 5.92 Å². The van der Waals surface area contributed by atoms with Crippen LogP contribution in [0.1, 0.15) is 18.5 Å². The number of likely N-dealkylation sites (tertiary alicyclic amines) is 1. The van der Waals surface area contributed by atoms with Gasteiger partial charge >= 0.3 is 0 Å². The quantitative estimate of drug-likeness (QED) is 0.814. The van der Waals surface area contributed by atoms with Gasteiger partial charge in [-0.2, -0.15) is 0 Å². The second-order valence-electron chi connectivity index (χ2n) is 7.31. The minimum absolute atomic E-state index is 0.0266. The zero-order valence-corrected chi connectivity index (χ0v) is 15.7. The lowest BCUT2D eigenvalue weighted by Gasteiger charge is -2.21. The molecule has 0 N–H and O–H groups in total. The summed E-state index contributed by atoms with van der Waals surface area (Å²) < 4.78 is 19.0. The highest BCUT2D eigenvalue weighted by Crippen LogP contribution is 2.28. The second-order valence-corrected chi connectivity index (χ2v) is 7.31. The molecule has 0 bridgehead atoms. The second kappa shape index (κ2) is 7.58. The Kier molecular flexibility index (Phi) is 4.98. The van der Waals surface area contributed by atoms with Crippen LogP contribution in [0.5, 0.6) is 5.88 Å². The molecule has 7 heteroatoms. The van der Waals surface area contributed by atoms with Crippen molar-refractivity contribution >= 4 is 17.5 Å². The highest BCUT2D eigenvalue weighted by molar-refractivity contribution is 6.00. The lowest BCUT2D eigenvalue weighted by atomic mass is 10.1. The number of hydrogen-bond donors (Lipinski definition) is 0. The van der Waals surface area contributed by atoms with Gasteiger partial charge in [0.25, 0.3) is 0 Å². The zero-order valence-electron chi connectivity index (χ0n) is 15.7. The Bertz CT molecular complexity index is 887. The molecule has 2 atom stereocenters. The Labute approximate surface area is 162 Å². The van der Waals surface area contributed by atoms with Crippen LogP contribution in [-0.4, -0.2) is 47.4 Å². The maximum atomic E-state index is 13.1. The van der Waals surface area contributed by atoms with Crippen molar-refractivity contribution in [1.29, 1.82) is 0 Å². The number of halogens is 1. The summed E-state index contributed by atoms with van der Waals surface area (Å²) in [4.78, 5) is 32.9. The predicted molar refractivity (Wildman–Crippen MR) is 101 cm³/mol. The standard InChI is InChI=1S/C21H22FN3O3/c1-14-3-2-4-19(23-14)28-18-9-10-24(13-18)21(27)15-11-20(26)25(12-15)17-7-5-16(22)6-8-17/h2-8,15,18H,9-13H2,1H3. The van der Waals surface area contributed by atoms with E-state index in [1.165, 1.54) is 12.1 Å². The number of pyridine rings is 1. The molecule has 28 heavy (non-hydrogen) atoms. The van der Waals surface area contributed by atoms with E-state index in [4.69, 9.17) is 4.74 Å². The van der Waals surface area contributed by atoms with Gasteiger partial charge in [-0.25, -0.2) is 9.37 Å². The smallest absolute Gasteiger partial charge is 0.228 e. The molecule has 1 aromatic carbocycles. The summed E-state index contributed by atoms with van der Waals surface area (Å²) in [6.07, 6.45) is 0.824. The van der Waals surface area contributed by atoms with Gasteiger partial charge in [0.15, 0.2) is 0 Å². The summed E-state index contributed by atoms with van der Waals surface area (Å²) >= 11 is 0. The number of aryl methyl sites for hydroxylation is 1. The van der Waals surface area contributed by atoms with Gasteiger partial charge in [0.1, 0.15) is 11.9 Å². The molecule has 0 aliphatic carbocycles. The maximum absolute atomic E-state index is 13.1. The van der Waals surface area contributed by atoms with E-state index in [0.29, 0.717) is 31.2 Å². The van der Waals surface area contributed by atoms with Crippen LogP contribution in [0.4, 0.5) is 10.1 Å². The van der Waals surface area contributed by atoms with Crippen LogP contribution in [0, 0.1) is 18.7 Å². The molecular formula is C21H22FN3O3. The molecule has 2 fully saturated rings. The van der Waals surface area contributed by atoms with Crippen LogP contribution in [-0.2, 0) is 9.59 Å². The first-order valence-corrected chi connectivity index (χ1v) is 9.44. The fourth-order valence-electron chi connectivity index (χ4n) is 3.78. The van der Waals surface area contributed by atoms with Crippen molar-refractivity contribution in [3.63, 3.8) is 0 Å². The SMILES string of the molecule is Cc1cccc(OC2CCN(C(=O)C3CC(=O)N(c4ccc(F)cc4)C3)C2)n1. The molecule has 2 amide bonds. The Morgan fingerprint density at radius 2 is 1.96 bits per heavy atom. The van der Waals surface area contributed by atoms with Crippen LogP contribution < -0.4 is 9.64 Å².